The van der Waals surface area contributed by atoms with E-state index in [9.17, 15) is 22.4 Å². The van der Waals surface area contributed by atoms with Crippen molar-refractivity contribution in [3.8, 4) is 11.1 Å². The number of hydrogen-bond donors (Lipinski definition) is 1. The topological polar surface area (TPSA) is 37.3 Å². The Morgan fingerprint density at radius 3 is 2.10 bits per heavy atom. The molecule has 0 radical (unpaired) electrons. The fourth-order valence-electron chi connectivity index (χ4n) is 1.91. The molecule has 0 bridgehead atoms. The van der Waals surface area contributed by atoms with Crippen LogP contribution < -0.4 is 0 Å². The van der Waals surface area contributed by atoms with Gasteiger partial charge in [-0.2, -0.15) is 13.2 Å². The van der Waals surface area contributed by atoms with Gasteiger partial charge < -0.3 is 5.11 Å². The normalized spacial score (nSPS) is 11.4. The summed E-state index contributed by atoms with van der Waals surface area (Å²) in [5.74, 6) is -2.32. The molecule has 6 heteroatoms. The third-order valence-electron chi connectivity index (χ3n) is 2.91. The minimum Gasteiger partial charge on any atom is -0.481 e. The molecule has 0 aliphatic heterocycles. The highest BCUT2D eigenvalue weighted by atomic mass is 19.4. The van der Waals surface area contributed by atoms with E-state index in [1.54, 1.807) is 0 Å². The highest BCUT2D eigenvalue weighted by molar-refractivity contribution is 5.71. The van der Waals surface area contributed by atoms with Crippen LogP contribution in [-0.2, 0) is 17.4 Å². The van der Waals surface area contributed by atoms with Gasteiger partial charge >= 0.3 is 12.1 Å². The predicted molar refractivity (Wildman–Crippen MR) is 68.2 cm³/mol. The van der Waals surface area contributed by atoms with E-state index < -0.39 is 23.5 Å². The Bertz CT molecular complexity index is 660. The van der Waals surface area contributed by atoms with E-state index in [0.29, 0.717) is 11.1 Å². The van der Waals surface area contributed by atoms with Crippen molar-refractivity contribution in [1.82, 2.24) is 0 Å². The third kappa shape index (κ3) is 3.59. The van der Waals surface area contributed by atoms with Gasteiger partial charge in [-0.25, -0.2) is 4.39 Å². The van der Waals surface area contributed by atoms with Gasteiger partial charge in [0.1, 0.15) is 5.82 Å². The molecule has 0 heterocycles. The van der Waals surface area contributed by atoms with Gasteiger partial charge in [0.05, 0.1) is 12.0 Å². The first kappa shape index (κ1) is 15.0. The zero-order chi connectivity index (χ0) is 15.6. The van der Waals surface area contributed by atoms with Crippen molar-refractivity contribution in [1.29, 1.82) is 0 Å². The average Bonchev–Trinajstić information content (AvgIpc) is 2.38. The van der Waals surface area contributed by atoms with E-state index in [-0.39, 0.29) is 12.0 Å². The van der Waals surface area contributed by atoms with Gasteiger partial charge in [0.25, 0.3) is 0 Å². The highest BCUT2D eigenvalue weighted by Gasteiger charge is 2.34. The highest BCUT2D eigenvalue weighted by Crippen LogP contribution is 2.34. The van der Waals surface area contributed by atoms with Crippen molar-refractivity contribution in [3.05, 3.63) is 59.4 Å². The molecule has 2 nitrogen and oxygen atoms in total. The van der Waals surface area contributed by atoms with E-state index in [1.165, 1.54) is 30.3 Å². The number of carbonyl (C=O) groups is 1. The molecule has 0 aliphatic carbocycles. The van der Waals surface area contributed by atoms with Crippen molar-refractivity contribution < 1.29 is 27.5 Å². The summed E-state index contributed by atoms with van der Waals surface area (Å²) in [7, 11) is 0. The molecular weight excluding hydrogens is 288 g/mol. The van der Waals surface area contributed by atoms with Crippen LogP contribution in [-0.4, -0.2) is 11.1 Å². The summed E-state index contributed by atoms with van der Waals surface area (Å²) >= 11 is 0. The fourth-order valence-corrected chi connectivity index (χ4v) is 1.91. The number of benzene rings is 2. The zero-order valence-electron chi connectivity index (χ0n) is 10.6. The van der Waals surface area contributed by atoms with Crippen LogP contribution in [0.15, 0.2) is 42.5 Å². The van der Waals surface area contributed by atoms with Crippen molar-refractivity contribution in [2.45, 2.75) is 12.6 Å². The molecule has 0 spiro atoms. The minimum atomic E-state index is -4.76. The molecule has 0 fully saturated rings. The molecular formula is C15H10F4O2. The van der Waals surface area contributed by atoms with Gasteiger partial charge in [-0.1, -0.05) is 30.3 Å². The van der Waals surface area contributed by atoms with Gasteiger partial charge in [-0.05, 0) is 28.8 Å². The molecule has 2 aromatic carbocycles. The first-order valence-corrected chi connectivity index (χ1v) is 5.95. The smallest absolute Gasteiger partial charge is 0.419 e. The van der Waals surface area contributed by atoms with E-state index >= 15 is 0 Å². The Morgan fingerprint density at radius 1 is 1.00 bits per heavy atom. The molecule has 1 N–H and O–H groups in total. The lowest BCUT2D eigenvalue weighted by molar-refractivity contribution is -0.140. The molecule has 2 rings (SSSR count). The maximum absolute atomic E-state index is 13.2. The van der Waals surface area contributed by atoms with Crippen molar-refractivity contribution >= 4 is 5.97 Å². The monoisotopic (exact) mass is 298 g/mol. The average molecular weight is 298 g/mol. The Morgan fingerprint density at radius 2 is 1.57 bits per heavy atom. The molecule has 21 heavy (non-hydrogen) atoms. The van der Waals surface area contributed by atoms with E-state index in [4.69, 9.17) is 5.11 Å². The van der Waals surface area contributed by atoms with Gasteiger partial charge in [0.2, 0.25) is 0 Å². The second-order valence-corrected chi connectivity index (χ2v) is 4.46. The number of carboxylic acid groups (broad SMARTS) is 1. The third-order valence-corrected chi connectivity index (χ3v) is 2.91. The number of rotatable bonds is 3. The fraction of sp³-hybridized carbons (Fsp3) is 0.133. The summed E-state index contributed by atoms with van der Waals surface area (Å²) in [6, 6.07) is 8.79. The van der Waals surface area contributed by atoms with Gasteiger partial charge in [-0.3, -0.25) is 4.79 Å². The zero-order valence-corrected chi connectivity index (χ0v) is 10.6. The van der Waals surface area contributed by atoms with Crippen LogP contribution in [0.5, 0.6) is 0 Å². The standard InChI is InChI=1S/C15H10F4O2/c16-13-6-5-11(8-12(13)15(17,18)19)10-3-1-9(2-4-10)7-14(20)21/h1-6,8H,7H2,(H,20,21). The quantitative estimate of drug-likeness (QED) is 0.865. The van der Waals surface area contributed by atoms with Crippen LogP contribution >= 0.6 is 0 Å². The van der Waals surface area contributed by atoms with E-state index in [0.717, 1.165) is 12.1 Å². The van der Waals surface area contributed by atoms with Crippen molar-refractivity contribution in [2.24, 2.45) is 0 Å². The molecule has 0 atom stereocenters. The minimum absolute atomic E-state index is 0.169. The summed E-state index contributed by atoms with van der Waals surface area (Å²) in [6.07, 6.45) is -4.93. The molecule has 0 aliphatic rings. The summed E-state index contributed by atoms with van der Waals surface area (Å²) in [6.45, 7) is 0. The lowest BCUT2D eigenvalue weighted by Gasteiger charge is -2.10. The largest absolute Gasteiger partial charge is 0.481 e. The van der Waals surface area contributed by atoms with Crippen LogP contribution in [0, 0.1) is 5.82 Å². The van der Waals surface area contributed by atoms with E-state index in [2.05, 4.69) is 0 Å². The predicted octanol–water partition coefficient (Wildman–Crippen LogP) is 4.14. The van der Waals surface area contributed by atoms with Crippen molar-refractivity contribution in [3.63, 3.8) is 0 Å². The molecule has 2 aromatic rings. The first-order chi connectivity index (χ1) is 9.77. The van der Waals surface area contributed by atoms with Gasteiger partial charge in [0, 0.05) is 0 Å². The van der Waals surface area contributed by atoms with Crippen LogP contribution in [0.1, 0.15) is 11.1 Å². The number of carboxylic acids is 1. The Hall–Kier alpha value is -2.37. The lowest BCUT2D eigenvalue weighted by atomic mass is 10.0. The summed E-state index contributed by atoms with van der Waals surface area (Å²) < 4.78 is 51.1. The molecule has 0 aromatic heterocycles. The maximum atomic E-state index is 13.2. The number of aliphatic carboxylic acids is 1. The number of hydrogen-bond acceptors (Lipinski definition) is 1. The summed E-state index contributed by atoms with van der Waals surface area (Å²) in [4.78, 5) is 10.5. The molecule has 110 valence electrons. The Kier molecular flexibility index (Phi) is 3.97. The van der Waals surface area contributed by atoms with Gasteiger partial charge in [0.15, 0.2) is 0 Å². The second kappa shape index (κ2) is 5.55. The Balaban J connectivity index is 2.36. The van der Waals surface area contributed by atoms with Crippen LogP contribution in [0.2, 0.25) is 0 Å². The van der Waals surface area contributed by atoms with Gasteiger partial charge in [-0.15, -0.1) is 0 Å². The number of halogens is 4. The van der Waals surface area contributed by atoms with Crippen LogP contribution in [0.4, 0.5) is 17.6 Å². The summed E-state index contributed by atoms with van der Waals surface area (Å²) in [5, 5.41) is 8.64. The van der Waals surface area contributed by atoms with Crippen LogP contribution in [0.3, 0.4) is 0 Å². The van der Waals surface area contributed by atoms with Crippen molar-refractivity contribution in [2.75, 3.05) is 0 Å². The van der Waals surface area contributed by atoms with Crippen LogP contribution in [0.25, 0.3) is 11.1 Å². The first-order valence-electron chi connectivity index (χ1n) is 5.95. The van der Waals surface area contributed by atoms with E-state index in [1.807, 2.05) is 0 Å². The molecule has 0 unspecified atom stereocenters. The lowest BCUT2D eigenvalue weighted by Crippen LogP contribution is -2.08. The second-order valence-electron chi connectivity index (χ2n) is 4.46. The SMILES string of the molecule is O=C(O)Cc1ccc(-c2ccc(F)c(C(F)(F)F)c2)cc1. The summed E-state index contributed by atoms with van der Waals surface area (Å²) in [5.41, 5.74) is -0.126. The molecule has 0 saturated carbocycles. The maximum Gasteiger partial charge on any atom is 0.419 e. The molecule has 0 amide bonds. The Labute approximate surface area is 117 Å². The number of alkyl halides is 3. The molecule has 0 saturated heterocycles.